The third-order valence-corrected chi connectivity index (χ3v) is 8.57. The van der Waals surface area contributed by atoms with Crippen LogP contribution in [0.25, 0.3) is 22.0 Å². The third-order valence-electron chi connectivity index (χ3n) is 5.98. The minimum absolute atomic E-state index is 0.485. The molecule has 4 rings (SSSR count). The van der Waals surface area contributed by atoms with Gasteiger partial charge in [-0.1, -0.05) is 6.07 Å². The lowest BCUT2D eigenvalue weighted by Gasteiger charge is -2.29. The predicted octanol–water partition coefficient (Wildman–Crippen LogP) is 4.26. The Bertz CT molecular complexity index is 1080. The molecule has 7 heteroatoms. The van der Waals surface area contributed by atoms with E-state index in [0.717, 1.165) is 36.9 Å². The quantitative estimate of drug-likeness (QED) is 0.693. The summed E-state index contributed by atoms with van der Waals surface area (Å²) in [6.45, 7) is 7.54. The lowest BCUT2D eigenvalue weighted by atomic mass is 10.0. The average molecular weight is 415 g/mol. The van der Waals surface area contributed by atoms with Crippen LogP contribution >= 0.6 is 0 Å². The van der Waals surface area contributed by atoms with Crippen molar-refractivity contribution in [2.24, 2.45) is 5.92 Å². The Morgan fingerprint density at radius 3 is 2.69 bits per heavy atom. The van der Waals surface area contributed by atoms with Crippen molar-refractivity contribution in [1.82, 2.24) is 19.1 Å². The van der Waals surface area contributed by atoms with E-state index in [4.69, 9.17) is 0 Å². The number of aromatic nitrogens is 3. The lowest BCUT2D eigenvalue weighted by Crippen LogP contribution is -2.43. The number of nitrogens with zero attached hydrogens (tertiary/aromatic N) is 3. The van der Waals surface area contributed by atoms with Gasteiger partial charge in [0.15, 0.2) is 0 Å². The summed E-state index contributed by atoms with van der Waals surface area (Å²) in [6.07, 6.45) is 8.77. The normalized spacial score (nSPS) is 19.5. The smallest absolute Gasteiger partial charge is 0.219 e. The van der Waals surface area contributed by atoms with Crippen LogP contribution in [0.1, 0.15) is 40.0 Å². The number of aromatic amines is 1. The first-order valence-electron chi connectivity index (χ1n) is 10.3. The topological polar surface area (TPSA) is 71.0 Å². The Balaban J connectivity index is 1.48. The minimum Gasteiger partial charge on any atom is -0.347 e. The van der Waals surface area contributed by atoms with E-state index < -0.39 is 14.8 Å². The van der Waals surface area contributed by atoms with E-state index in [-0.39, 0.29) is 0 Å². The number of nitrogens with one attached hydrogen (secondary N) is 1. The Labute approximate surface area is 173 Å². The number of hydrogen-bond acceptors (Lipinski definition) is 3. The second-order valence-electron chi connectivity index (χ2n) is 9.04. The zero-order valence-corrected chi connectivity index (χ0v) is 18.2. The third kappa shape index (κ3) is 3.98. The van der Waals surface area contributed by atoms with Crippen molar-refractivity contribution in [2.75, 3.05) is 13.1 Å². The molecule has 1 saturated heterocycles. The van der Waals surface area contributed by atoms with Gasteiger partial charge in [0, 0.05) is 48.5 Å². The van der Waals surface area contributed by atoms with E-state index in [1.54, 1.807) is 25.1 Å². The fourth-order valence-corrected chi connectivity index (χ4v) is 5.66. The van der Waals surface area contributed by atoms with E-state index in [0.29, 0.717) is 19.0 Å². The first-order chi connectivity index (χ1) is 13.8. The van der Waals surface area contributed by atoms with Gasteiger partial charge in [0.1, 0.15) is 0 Å². The van der Waals surface area contributed by atoms with Crippen molar-refractivity contribution in [1.29, 1.82) is 0 Å². The van der Waals surface area contributed by atoms with Gasteiger partial charge in [0.25, 0.3) is 0 Å². The molecule has 1 N–H and O–H groups in total. The van der Waals surface area contributed by atoms with Gasteiger partial charge < -0.3 is 4.57 Å². The van der Waals surface area contributed by atoms with Crippen molar-refractivity contribution in [3.63, 3.8) is 0 Å². The number of fused-ring (bicyclic) bond motifs is 1. The highest BCUT2D eigenvalue weighted by atomic mass is 32.2. The van der Waals surface area contributed by atoms with Crippen LogP contribution in [0.15, 0.2) is 42.9 Å². The molecule has 1 aliphatic heterocycles. The Kier molecular flexibility index (Phi) is 5.29. The maximum atomic E-state index is 12.8. The SMILES string of the molecule is CC(C)(C)S(=O)(=O)N1CCCC(Cn2ccc3cc(-c4cn[nH]c4)ccc32)CC1. The molecule has 3 heterocycles. The van der Waals surface area contributed by atoms with E-state index in [1.165, 1.54) is 10.9 Å². The van der Waals surface area contributed by atoms with Gasteiger partial charge in [-0.15, -0.1) is 0 Å². The summed E-state index contributed by atoms with van der Waals surface area (Å²) in [6, 6.07) is 8.66. The number of sulfonamides is 1. The maximum Gasteiger partial charge on any atom is 0.219 e. The van der Waals surface area contributed by atoms with E-state index in [2.05, 4.69) is 45.2 Å². The van der Waals surface area contributed by atoms with Gasteiger partial charge in [-0.3, -0.25) is 5.10 Å². The molecule has 0 amide bonds. The van der Waals surface area contributed by atoms with Gasteiger partial charge in [0.05, 0.1) is 10.9 Å². The second kappa shape index (κ2) is 7.61. The predicted molar refractivity (Wildman–Crippen MR) is 117 cm³/mol. The molecule has 1 atom stereocenters. The average Bonchev–Trinajstić information content (AvgIpc) is 3.27. The fourth-order valence-electron chi connectivity index (χ4n) is 4.18. The van der Waals surface area contributed by atoms with Gasteiger partial charge in [-0.25, -0.2) is 12.7 Å². The van der Waals surface area contributed by atoms with Crippen LogP contribution in [0.2, 0.25) is 0 Å². The highest BCUT2D eigenvalue weighted by Crippen LogP contribution is 2.29. The fraction of sp³-hybridized carbons (Fsp3) is 0.500. The van der Waals surface area contributed by atoms with Crippen molar-refractivity contribution in [3.05, 3.63) is 42.9 Å². The van der Waals surface area contributed by atoms with Crippen LogP contribution in [0.4, 0.5) is 0 Å². The van der Waals surface area contributed by atoms with Crippen LogP contribution in [-0.2, 0) is 16.6 Å². The number of H-pyrrole nitrogens is 1. The number of rotatable bonds is 4. The molecule has 0 aliphatic carbocycles. The highest BCUT2D eigenvalue weighted by molar-refractivity contribution is 7.90. The van der Waals surface area contributed by atoms with Crippen molar-refractivity contribution < 1.29 is 8.42 Å². The molecule has 1 unspecified atom stereocenters. The number of benzene rings is 1. The molecule has 1 fully saturated rings. The second-order valence-corrected chi connectivity index (χ2v) is 11.7. The van der Waals surface area contributed by atoms with Crippen LogP contribution in [0, 0.1) is 5.92 Å². The first-order valence-corrected chi connectivity index (χ1v) is 11.8. The summed E-state index contributed by atoms with van der Waals surface area (Å²) < 4.78 is 28.9. The Morgan fingerprint density at radius 2 is 1.97 bits per heavy atom. The molecule has 29 heavy (non-hydrogen) atoms. The molecule has 0 saturated carbocycles. The molecule has 1 aromatic carbocycles. The van der Waals surface area contributed by atoms with Crippen LogP contribution in [0.5, 0.6) is 0 Å². The molecule has 2 aromatic heterocycles. The van der Waals surface area contributed by atoms with Crippen molar-refractivity contribution in [3.8, 4) is 11.1 Å². The zero-order valence-electron chi connectivity index (χ0n) is 17.4. The maximum absolute atomic E-state index is 12.8. The largest absolute Gasteiger partial charge is 0.347 e. The molecule has 0 bridgehead atoms. The van der Waals surface area contributed by atoms with E-state index in [1.807, 2.05) is 12.4 Å². The summed E-state index contributed by atoms with van der Waals surface area (Å²) >= 11 is 0. The summed E-state index contributed by atoms with van der Waals surface area (Å²) in [5.41, 5.74) is 3.46. The summed E-state index contributed by atoms with van der Waals surface area (Å²) in [5, 5.41) is 8.11. The first kappa shape index (κ1) is 20.2. The minimum atomic E-state index is -3.25. The molecule has 0 radical (unpaired) electrons. The van der Waals surface area contributed by atoms with E-state index >= 15 is 0 Å². The summed E-state index contributed by atoms with van der Waals surface area (Å²) in [7, 11) is -3.25. The molecular formula is C22H30N4O2S. The Morgan fingerprint density at radius 1 is 1.14 bits per heavy atom. The molecule has 1 aliphatic rings. The van der Waals surface area contributed by atoms with Crippen LogP contribution < -0.4 is 0 Å². The van der Waals surface area contributed by atoms with Crippen molar-refractivity contribution in [2.45, 2.75) is 51.3 Å². The monoisotopic (exact) mass is 414 g/mol. The van der Waals surface area contributed by atoms with Gasteiger partial charge >= 0.3 is 0 Å². The number of hydrogen-bond donors (Lipinski definition) is 1. The molecule has 6 nitrogen and oxygen atoms in total. The molecule has 3 aromatic rings. The Hall–Kier alpha value is -2.12. The van der Waals surface area contributed by atoms with Crippen LogP contribution in [-0.4, -0.2) is 45.3 Å². The van der Waals surface area contributed by atoms with E-state index in [9.17, 15) is 8.42 Å². The van der Waals surface area contributed by atoms with Crippen LogP contribution in [0.3, 0.4) is 0 Å². The molecule has 0 spiro atoms. The highest BCUT2D eigenvalue weighted by Gasteiger charge is 2.36. The van der Waals surface area contributed by atoms with Crippen molar-refractivity contribution >= 4 is 20.9 Å². The zero-order chi connectivity index (χ0) is 20.6. The molecule has 156 valence electrons. The van der Waals surface area contributed by atoms with Gasteiger partial charge in [-0.05, 0) is 69.7 Å². The molecular weight excluding hydrogens is 384 g/mol. The summed E-state index contributed by atoms with van der Waals surface area (Å²) in [4.78, 5) is 0. The summed E-state index contributed by atoms with van der Waals surface area (Å²) in [5.74, 6) is 0.485. The van der Waals surface area contributed by atoms with Gasteiger partial charge in [0.2, 0.25) is 10.0 Å². The van der Waals surface area contributed by atoms with Gasteiger partial charge in [-0.2, -0.15) is 5.10 Å². The standard InChI is InChI=1S/C22H30N4O2S/c1-22(2,3)29(27,28)26-10-4-5-17(8-12-26)16-25-11-9-19-13-18(6-7-21(19)25)20-14-23-24-15-20/h6-7,9,11,13-15,17H,4-5,8,10,12,16H2,1-3H3,(H,23,24). The lowest BCUT2D eigenvalue weighted by molar-refractivity contribution is 0.380.